The van der Waals surface area contributed by atoms with Gasteiger partial charge in [-0.1, -0.05) is 30.3 Å². The first-order chi connectivity index (χ1) is 20.0. The average molecular weight is 549 g/mol. The average Bonchev–Trinajstić information content (AvgIpc) is 3.37. The van der Waals surface area contributed by atoms with Gasteiger partial charge >= 0.3 is 0 Å². The second kappa shape index (κ2) is 10.9. The third-order valence-electron chi connectivity index (χ3n) is 6.36. The summed E-state index contributed by atoms with van der Waals surface area (Å²) in [7, 11) is 1.60. The second-order valence-corrected chi connectivity index (χ2v) is 9.01. The molecule has 3 heterocycles. The van der Waals surface area contributed by atoms with Gasteiger partial charge in [-0.2, -0.15) is 5.10 Å². The van der Waals surface area contributed by atoms with Crippen molar-refractivity contribution in [3.8, 4) is 28.3 Å². The van der Waals surface area contributed by atoms with Gasteiger partial charge in [0.15, 0.2) is 0 Å². The van der Waals surface area contributed by atoms with Crippen LogP contribution < -0.4 is 15.4 Å². The molecule has 0 unspecified atom stereocenters. The first-order valence-electron chi connectivity index (χ1n) is 12.6. The number of amides is 1. The maximum Gasteiger partial charge on any atom is 0.261 e. The molecule has 0 aliphatic rings. The lowest BCUT2D eigenvalue weighted by molar-refractivity contribution is 0.101. The first-order valence-corrected chi connectivity index (χ1v) is 12.6. The van der Waals surface area contributed by atoms with Crippen LogP contribution in [0.2, 0.25) is 0 Å². The van der Waals surface area contributed by atoms with E-state index in [0.717, 1.165) is 28.9 Å². The Labute approximate surface area is 233 Å². The lowest BCUT2D eigenvalue weighted by Crippen LogP contribution is -2.15. The van der Waals surface area contributed by atoms with Crippen LogP contribution in [0.3, 0.4) is 0 Å². The minimum atomic E-state index is -0.941. The minimum absolute atomic E-state index is 0.348. The molecular weight excluding hydrogens is 526 g/mol. The zero-order valence-electron chi connectivity index (χ0n) is 21.7. The third kappa shape index (κ3) is 5.18. The number of carbonyl (C=O) groups is 1. The summed E-state index contributed by atoms with van der Waals surface area (Å²) in [5.41, 5.74) is 3.87. The van der Waals surface area contributed by atoms with E-state index in [4.69, 9.17) is 14.8 Å². The Morgan fingerprint density at radius 2 is 1.66 bits per heavy atom. The maximum atomic E-state index is 14.2. The van der Waals surface area contributed by atoms with Crippen LogP contribution in [0.15, 0.2) is 103 Å². The maximum absolute atomic E-state index is 14.2. The summed E-state index contributed by atoms with van der Waals surface area (Å²) in [4.78, 5) is 21.9. The zero-order valence-corrected chi connectivity index (χ0v) is 21.7. The fraction of sp³-hybridized carbons (Fsp3) is 0.0323. The largest absolute Gasteiger partial charge is 0.497 e. The molecular formula is C31H22F2N6O2. The van der Waals surface area contributed by atoms with Gasteiger partial charge < -0.3 is 15.4 Å². The number of methoxy groups -OCH3 is 1. The molecule has 0 aliphatic heterocycles. The van der Waals surface area contributed by atoms with Crippen LogP contribution in [0.25, 0.3) is 28.0 Å². The van der Waals surface area contributed by atoms with E-state index >= 15 is 0 Å². The lowest BCUT2D eigenvalue weighted by Gasteiger charge is -2.10. The van der Waals surface area contributed by atoms with Crippen molar-refractivity contribution >= 4 is 28.7 Å². The van der Waals surface area contributed by atoms with Gasteiger partial charge in [0.25, 0.3) is 5.91 Å². The van der Waals surface area contributed by atoms with E-state index in [0.29, 0.717) is 34.3 Å². The molecule has 202 valence electrons. The molecule has 0 saturated heterocycles. The van der Waals surface area contributed by atoms with Crippen LogP contribution in [0.4, 0.5) is 26.1 Å². The molecule has 2 N–H and O–H groups in total. The SMILES string of the molecule is COc1cccc(Nc2nccc(-c3c(-c4cccc(NC(=O)c5c(F)cccc5F)c4)nn4ccccc34)n2)c1. The summed E-state index contributed by atoms with van der Waals surface area (Å²) in [6.45, 7) is 0. The van der Waals surface area contributed by atoms with Gasteiger partial charge in [0, 0.05) is 35.4 Å². The van der Waals surface area contributed by atoms with Crippen LogP contribution >= 0.6 is 0 Å². The van der Waals surface area contributed by atoms with Crippen LogP contribution in [-0.2, 0) is 0 Å². The van der Waals surface area contributed by atoms with Crippen molar-refractivity contribution in [2.75, 3.05) is 17.7 Å². The Bertz CT molecular complexity index is 1890. The van der Waals surface area contributed by atoms with Gasteiger partial charge in [0.2, 0.25) is 5.95 Å². The van der Waals surface area contributed by atoms with Gasteiger partial charge in [0.05, 0.1) is 23.9 Å². The number of rotatable bonds is 7. The highest BCUT2D eigenvalue weighted by atomic mass is 19.1. The summed E-state index contributed by atoms with van der Waals surface area (Å²) < 4.78 is 35.4. The highest BCUT2D eigenvalue weighted by molar-refractivity contribution is 6.05. The molecule has 6 rings (SSSR count). The molecule has 1 amide bonds. The number of ether oxygens (including phenoxy) is 1. The van der Waals surface area contributed by atoms with Crippen molar-refractivity contribution in [2.45, 2.75) is 0 Å². The number of nitrogens with one attached hydrogen (secondary N) is 2. The highest BCUT2D eigenvalue weighted by Gasteiger charge is 2.20. The molecule has 3 aromatic carbocycles. The Morgan fingerprint density at radius 1 is 0.878 bits per heavy atom. The summed E-state index contributed by atoms with van der Waals surface area (Å²) in [6.07, 6.45) is 3.48. The predicted molar refractivity (Wildman–Crippen MR) is 152 cm³/mol. The number of carbonyl (C=O) groups excluding carboxylic acids is 1. The molecule has 0 bridgehead atoms. The summed E-state index contributed by atoms with van der Waals surface area (Å²) in [6, 6.07) is 25.1. The van der Waals surface area contributed by atoms with E-state index in [-0.39, 0.29) is 0 Å². The Kier molecular flexibility index (Phi) is 6.78. The molecule has 3 aromatic heterocycles. The molecule has 0 saturated carbocycles. The monoisotopic (exact) mass is 548 g/mol. The number of pyridine rings is 1. The molecule has 10 heteroatoms. The van der Waals surface area contributed by atoms with E-state index in [9.17, 15) is 13.6 Å². The topological polar surface area (TPSA) is 93.4 Å². The fourth-order valence-corrected chi connectivity index (χ4v) is 4.49. The van der Waals surface area contributed by atoms with Crippen LogP contribution in [0.5, 0.6) is 5.75 Å². The highest BCUT2D eigenvalue weighted by Crippen LogP contribution is 2.35. The van der Waals surface area contributed by atoms with Crippen LogP contribution in [0.1, 0.15) is 10.4 Å². The van der Waals surface area contributed by atoms with Crippen molar-refractivity contribution in [2.24, 2.45) is 0 Å². The number of nitrogens with zero attached hydrogens (tertiary/aromatic N) is 4. The van der Waals surface area contributed by atoms with Crippen LogP contribution in [0, 0.1) is 11.6 Å². The smallest absolute Gasteiger partial charge is 0.261 e. The van der Waals surface area contributed by atoms with Gasteiger partial charge in [-0.25, -0.2) is 23.3 Å². The quantitative estimate of drug-likeness (QED) is 0.230. The fourth-order valence-electron chi connectivity index (χ4n) is 4.49. The number of halogens is 2. The number of anilines is 3. The molecule has 0 fully saturated rings. The van der Waals surface area contributed by atoms with Crippen molar-refractivity contribution in [1.82, 2.24) is 19.6 Å². The number of hydrogen-bond donors (Lipinski definition) is 2. The van der Waals surface area contributed by atoms with E-state index in [1.54, 1.807) is 42.1 Å². The summed E-state index contributed by atoms with van der Waals surface area (Å²) in [5, 5.41) is 10.6. The van der Waals surface area contributed by atoms with E-state index in [2.05, 4.69) is 15.6 Å². The van der Waals surface area contributed by atoms with Crippen molar-refractivity contribution in [3.63, 3.8) is 0 Å². The van der Waals surface area contributed by atoms with Gasteiger partial charge in [-0.05, 0) is 54.6 Å². The number of hydrogen-bond acceptors (Lipinski definition) is 6. The normalized spacial score (nSPS) is 10.9. The standard InChI is InChI=1S/C31H22F2N6O2/c1-41-22-10-5-9-21(18-22)36-31-34-15-14-25(37-31)28-26-13-2-3-16-39(26)38-29(28)19-7-4-8-20(17-19)35-30(40)27-23(32)11-6-12-24(27)33/h2-18H,1H3,(H,35,40)(H,34,36,37). The second-order valence-electron chi connectivity index (χ2n) is 9.01. The summed E-state index contributed by atoms with van der Waals surface area (Å²) in [5.74, 6) is -1.70. The first kappa shape index (κ1) is 25.6. The van der Waals surface area contributed by atoms with Crippen molar-refractivity contribution in [1.29, 1.82) is 0 Å². The van der Waals surface area contributed by atoms with Gasteiger partial charge in [-0.15, -0.1) is 0 Å². The molecule has 0 atom stereocenters. The van der Waals surface area contributed by atoms with Gasteiger partial charge in [0.1, 0.15) is 28.6 Å². The Hall–Kier alpha value is -5.64. The predicted octanol–water partition coefficient (Wildman–Crippen LogP) is 6.74. The van der Waals surface area contributed by atoms with E-state index in [1.807, 2.05) is 54.7 Å². The van der Waals surface area contributed by atoms with Crippen molar-refractivity contribution in [3.05, 3.63) is 121 Å². The molecule has 8 nitrogen and oxygen atoms in total. The lowest BCUT2D eigenvalue weighted by atomic mass is 10.0. The van der Waals surface area contributed by atoms with E-state index in [1.165, 1.54) is 6.07 Å². The molecule has 0 radical (unpaired) electrons. The van der Waals surface area contributed by atoms with Gasteiger partial charge in [-0.3, -0.25) is 4.79 Å². The number of fused-ring (bicyclic) bond motifs is 1. The Balaban J connectivity index is 1.38. The molecule has 0 spiro atoms. The Morgan fingerprint density at radius 3 is 2.49 bits per heavy atom. The third-order valence-corrected chi connectivity index (χ3v) is 6.36. The molecule has 6 aromatic rings. The number of aromatic nitrogens is 4. The van der Waals surface area contributed by atoms with E-state index < -0.39 is 23.1 Å². The van der Waals surface area contributed by atoms with Crippen molar-refractivity contribution < 1.29 is 18.3 Å². The zero-order chi connectivity index (χ0) is 28.3. The van der Waals surface area contributed by atoms with Crippen LogP contribution in [-0.4, -0.2) is 32.6 Å². The molecule has 41 heavy (non-hydrogen) atoms. The number of benzene rings is 3. The molecule has 0 aliphatic carbocycles. The minimum Gasteiger partial charge on any atom is -0.497 e. The summed E-state index contributed by atoms with van der Waals surface area (Å²) >= 11 is 0.